The van der Waals surface area contributed by atoms with E-state index in [1.807, 2.05) is 55.5 Å². The first kappa shape index (κ1) is 26.8. The van der Waals surface area contributed by atoms with Crippen molar-refractivity contribution in [1.82, 2.24) is 0 Å². The number of hydrogen-bond donors (Lipinski definition) is 0. The second-order valence-electron chi connectivity index (χ2n) is 11.1. The molecule has 4 heteroatoms. The molecule has 39 heavy (non-hydrogen) atoms. The molecule has 3 aromatic rings. The van der Waals surface area contributed by atoms with Crippen LogP contribution < -0.4 is 9.47 Å². The van der Waals surface area contributed by atoms with Crippen LogP contribution in [-0.4, -0.2) is 12.3 Å². The Morgan fingerprint density at radius 3 is 2.33 bits per heavy atom. The predicted octanol–water partition coefficient (Wildman–Crippen LogP) is 8.96. The summed E-state index contributed by atoms with van der Waals surface area (Å²) in [7, 11) is 0. The molecular formula is C35H38O4. The Morgan fingerprint density at radius 2 is 1.67 bits per heavy atom. The first-order valence-electron chi connectivity index (χ1n) is 14.0. The van der Waals surface area contributed by atoms with Gasteiger partial charge in [-0.3, -0.25) is 0 Å². The molecular weight excluding hydrogens is 484 g/mol. The van der Waals surface area contributed by atoms with Crippen molar-refractivity contribution in [1.29, 1.82) is 0 Å². The van der Waals surface area contributed by atoms with E-state index in [-0.39, 0.29) is 17.8 Å². The molecule has 0 saturated carbocycles. The maximum atomic E-state index is 13.1. The molecule has 5 rings (SSSR count). The lowest BCUT2D eigenvalue weighted by Crippen LogP contribution is -2.41. The molecule has 3 aromatic carbocycles. The summed E-state index contributed by atoms with van der Waals surface area (Å²) in [5.74, 6) is 2.54. The van der Waals surface area contributed by atoms with E-state index in [4.69, 9.17) is 14.2 Å². The standard InChI is InChI=1S/C35H38O4/c1-22(2)13-12-18-29-28-20-19-23(3)31-30(37-25(5)26-14-8-6-9-15-26)21-24(4)33(32(28)31)38-35(29)39-34(36)27-16-10-7-11-17-27/h6-11,13-17,21,23,28-29,35H,5,12,18-20H2,1-4H3/t23-,28+,29+,35?/m1/s1. The number of carbonyl (C=O) groups excluding carboxylic acids is 1. The van der Waals surface area contributed by atoms with Crippen LogP contribution in [-0.2, 0) is 4.74 Å². The van der Waals surface area contributed by atoms with Crippen LogP contribution in [0.2, 0.25) is 0 Å². The molecule has 202 valence electrons. The Kier molecular flexibility index (Phi) is 7.92. The molecule has 1 heterocycles. The van der Waals surface area contributed by atoms with E-state index in [0.29, 0.717) is 17.2 Å². The van der Waals surface area contributed by atoms with Gasteiger partial charge in [-0.2, -0.15) is 0 Å². The van der Waals surface area contributed by atoms with Gasteiger partial charge in [0.2, 0.25) is 6.29 Å². The summed E-state index contributed by atoms with van der Waals surface area (Å²) < 4.78 is 19.2. The first-order valence-corrected chi connectivity index (χ1v) is 14.0. The normalized spacial score (nSPS) is 21.2. The summed E-state index contributed by atoms with van der Waals surface area (Å²) in [6.07, 6.45) is 5.45. The van der Waals surface area contributed by atoms with Gasteiger partial charge < -0.3 is 14.2 Å². The van der Waals surface area contributed by atoms with Gasteiger partial charge in [0, 0.05) is 22.6 Å². The van der Waals surface area contributed by atoms with E-state index in [0.717, 1.165) is 48.3 Å². The second kappa shape index (κ2) is 11.5. The minimum absolute atomic E-state index is 0.0407. The highest BCUT2D eigenvalue weighted by Gasteiger charge is 2.45. The maximum Gasteiger partial charge on any atom is 0.341 e. The maximum absolute atomic E-state index is 13.1. The van der Waals surface area contributed by atoms with Crippen LogP contribution in [0, 0.1) is 12.8 Å². The molecule has 0 bridgehead atoms. The molecule has 1 unspecified atom stereocenters. The summed E-state index contributed by atoms with van der Waals surface area (Å²) in [6.45, 7) is 12.8. The lowest BCUT2D eigenvalue weighted by Gasteiger charge is -2.44. The topological polar surface area (TPSA) is 44.8 Å². The summed E-state index contributed by atoms with van der Waals surface area (Å²) in [5.41, 5.74) is 6.18. The van der Waals surface area contributed by atoms with E-state index in [2.05, 4.69) is 39.5 Å². The Labute approximate surface area is 232 Å². The fraction of sp³-hybridized carbons (Fsp3) is 0.343. The number of hydrogen-bond acceptors (Lipinski definition) is 4. The fourth-order valence-corrected chi connectivity index (χ4v) is 6.04. The van der Waals surface area contributed by atoms with Gasteiger partial charge in [-0.25, -0.2) is 4.79 Å². The monoisotopic (exact) mass is 522 g/mol. The van der Waals surface area contributed by atoms with Gasteiger partial charge in [-0.15, -0.1) is 0 Å². The lowest BCUT2D eigenvalue weighted by atomic mass is 9.68. The van der Waals surface area contributed by atoms with Gasteiger partial charge in [0.1, 0.15) is 17.3 Å². The van der Waals surface area contributed by atoms with Crippen LogP contribution in [0.3, 0.4) is 0 Å². The average molecular weight is 523 g/mol. The zero-order valence-electron chi connectivity index (χ0n) is 23.4. The highest BCUT2D eigenvalue weighted by atomic mass is 16.7. The van der Waals surface area contributed by atoms with Crippen molar-refractivity contribution in [2.45, 2.75) is 71.5 Å². The van der Waals surface area contributed by atoms with Gasteiger partial charge in [0.05, 0.1) is 5.56 Å². The van der Waals surface area contributed by atoms with Gasteiger partial charge in [-0.05, 0) is 82.1 Å². The Morgan fingerprint density at radius 1 is 1.00 bits per heavy atom. The van der Waals surface area contributed by atoms with E-state index in [1.54, 1.807) is 12.1 Å². The van der Waals surface area contributed by atoms with Crippen molar-refractivity contribution in [2.75, 3.05) is 0 Å². The van der Waals surface area contributed by atoms with Gasteiger partial charge in [0.15, 0.2) is 0 Å². The zero-order chi connectivity index (χ0) is 27.5. The fourth-order valence-electron chi connectivity index (χ4n) is 6.04. The zero-order valence-corrected chi connectivity index (χ0v) is 23.4. The third kappa shape index (κ3) is 5.66. The van der Waals surface area contributed by atoms with Crippen LogP contribution in [0.4, 0.5) is 0 Å². The number of benzene rings is 3. The Bertz CT molecular complexity index is 1370. The quantitative estimate of drug-likeness (QED) is 0.168. The van der Waals surface area contributed by atoms with Crippen molar-refractivity contribution < 1.29 is 19.0 Å². The van der Waals surface area contributed by atoms with Crippen molar-refractivity contribution in [3.63, 3.8) is 0 Å². The molecule has 0 spiro atoms. The molecule has 1 aliphatic carbocycles. The van der Waals surface area contributed by atoms with Crippen molar-refractivity contribution in [3.05, 3.63) is 113 Å². The molecule has 0 fully saturated rings. The third-order valence-corrected chi connectivity index (χ3v) is 7.99. The Hall–Kier alpha value is -3.79. The summed E-state index contributed by atoms with van der Waals surface area (Å²) in [6, 6.07) is 21.2. The Balaban J connectivity index is 1.53. The molecule has 4 nitrogen and oxygen atoms in total. The van der Waals surface area contributed by atoms with E-state index in [1.165, 1.54) is 16.7 Å². The molecule has 1 aliphatic heterocycles. The number of aryl methyl sites for hydroxylation is 1. The van der Waals surface area contributed by atoms with Crippen molar-refractivity contribution in [3.8, 4) is 11.5 Å². The number of esters is 1. The molecule has 0 radical (unpaired) electrons. The smallest absolute Gasteiger partial charge is 0.341 e. The number of allylic oxidation sites excluding steroid dienone is 2. The van der Waals surface area contributed by atoms with Crippen LogP contribution >= 0.6 is 0 Å². The van der Waals surface area contributed by atoms with Crippen LogP contribution in [0.1, 0.15) is 90.9 Å². The highest BCUT2D eigenvalue weighted by molar-refractivity contribution is 5.89. The largest absolute Gasteiger partial charge is 0.457 e. The molecule has 4 atom stereocenters. The predicted molar refractivity (Wildman–Crippen MR) is 156 cm³/mol. The summed E-state index contributed by atoms with van der Waals surface area (Å²) in [5, 5.41) is 0. The SMILES string of the molecule is C=C(Oc1cc(C)c2c3c1[C@H](C)CC[C@H]3[C@H](CCC=C(C)C)C(OC(=O)c1ccccc1)O2)c1ccccc1. The molecule has 2 aliphatic rings. The summed E-state index contributed by atoms with van der Waals surface area (Å²) >= 11 is 0. The number of rotatable bonds is 8. The van der Waals surface area contributed by atoms with Gasteiger partial charge >= 0.3 is 5.97 Å². The summed E-state index contributed by atoms with van der Waals surface area (Å²) in [4.78, 5) is 13.1. The average Bonchev–Trinajstić information content (AvgIpc) is 2.93. The van der Waals surface area contributed by atoms with Gasteiger partial charge in [-0.1, -0.05) is 73.7 Å². The number of ether oxygens (including phenoxy) is 3. The van der Waals surface area contributed by atoms with Crippen molar-refractivity contribution in [2.24, 2.45) is 5.92 Å². The lowest BCUT2D eigenvalue weighted by molar-refractivity contribution is -0.101. The van der Waals surface area contributed by atoms with Crippen LogP contribution in [0.15, 0.2) is 85.0 Å². The van der Waals surface area contributed by atoms with Crippen molar-refractivity contribution >= 4 is 11.7 Å². The van der Waals surface area contributed by atoms with Gasteiger partial charge in [0.25, 0.3) is 0 Å². The van der Waals surface area contributed by atoms with E-state index < -0.39 is 6.29 Å². The van der Waals surface area contributed by atoms with Crippen LogP contribution in [0.25, 0.3) is 5.76 Å². The number of carbonyl (C=O) groups is 1. The highest BCUT2D eigenvalue weighted by Crippen LogP contribution is 2.56. The molecule has 0 aromatic heterocycles. The molecule has 0 N–H and O–H groups in total. The third-order valence-electron chi connectivity index (χ3n) is 7.99. The van der Waals surface area contributed by atoms with E-state index >= 15 is 0 Å². The molecule has 0 saturated heterocycles. The second-order valence-corrected chi connectivity index (χ2v) is 11.1. The minimum atomic E-state index is -0.647. The molecule has 0 amide bonds. The van der Waals surface area contributed by atoms with Crippen LogP contribution in [0.5, 0.6) is 11.5 Å². The first-order chi connectivity index (χ1) is 18.8. The van der Waals surface area contributed by atoms with E-state index in [9.17, 15) is 4.79 Å². The minimum Gasteiger partial charge on any atom is -0.457 e.